The lowest BCUT2D eigenvalue weighted by molar-refractivity contribution is 0.768. The maximum absolute atomic E-state index is 2.43. The van der Waals surface area contributed by atoms with Crippen LogP contribution in [0.4, 0.5) is 0 Å². The van der Waals surface area contributed by atoms with Gasteiger partial charge in [-0.25, -0.2) is 0 Å². The number of benzene rings is 10. The number of rotatable bonds is 7. The molecule has 62 heavy (non-hydrogen) atoms. The SMILES string of the molecule is c1ccc(-c2cccc(-c3ccc4sc5c(-c6ccc(C7(c8ccccc8)c8ccccc8-c8ccccc87)cc6)cc(-c6cccc(-c7ccccc7)c6)cc5c4c3)c2)cc1. The highest BCUT2D eigenvalue weighted by Gasteiger charge is 2.45. The molecule has 1 aliphatic carbocycles. The third-order valence-electron chi connectivity index (χ3n) is 13.0. The Balaban J connectivity index is 1.05. The normalized spacial score (nSPS) is 12.6. The summed E-state index contributed by atoms with van der Waals surface area (Å²) in [6.07, 6.45) is 0. The van der Waals surface area contributed by atoms with E-state index in [4.69, 9.17) is 0 Å². The summed E-state index contributed by atoms with van der Waals surface area (Å²) in [6, 6.07) is 89.7. The van der Waals surface area contributed by atoms with E-state index >= 15 is 0 Å². The maximum Gasteiger partial charge on any atom is 0.0713 e. The molecule has 290 valence electrons. The van der Waals surface area contributed by atoms with Crippen LogP contribution in [0.1, 0.15) is 22.3 Å². The van der Waals surface area contributed by atoms with E-state index in [0.717, 1.165) is 0 Å². The predicted molar refractivity (Wildman–Crippen MR) is 264 cm³/mol. The molecule has 0 N–H and O–H groups in total. The molecule has 10 aromatic carbocycles. The molecule has 1 heterocycles. The highest BCUT2D eigenvalue weighted by atomic mass is 32.1. The fourth-order valence-electron chi connectivity index (χ4n) is 10.1. The van der Waals surface area contributed by atoms with Gasteiger partial charge >= 0.3 is 0 Å². The van der Waals surface area contributed by atoms with Crippen molar-refractivity contribution in [2.75, 3.05) is 0 Å². The van der Waals surface area contributed by atoms with Crippen molar-refractivity contribution in [1.29, 1.82) is 0 Å². The summed E-state index contributed by atoms with van der Waals surface area (Å²) in [4.78, 5) is 0. The number of hydrogen-bond donors (Lipinski definition) is 0. The molecule has 1 heteroatoms. The summed E-state index contributed by atoms with van der Waals surface area (Å²) in [5, 5.41) is 2.57. The second kappa shape index (κ2) is 14.9. The lowest BCUT2D eigenvalue weighted by Crippen LogP contribution is -2.28. The van der Waals surface area contributed by atoms with Gasteiger partial charge in [-0.3, -0.25) is 0 Å². The molecule has 0 amide bonds. The van der Waals surface area contributed by atoms with Crippen LogP contribution in [-0.4, -0.2) is 0 Å². The Morgan fingerprint density at radius 1 is 0.258 bits per heavy atom. The van der Waals surface area contributed by atoms with Crippen molar-refractivity contribution in [3.05, 3.63) is 265 Å². The van der Waals surface area contributed by atoms with E-state index in [1.54, 1.807) is 0 Å². The van der Waals surface area contributed by atoms with E-state index in [1.807, 2.05) is 11.3 Å². The van der Waals surface area contributed by atoms with Crippen molar-refractivity contribution in [2.45, 2.75) is 5.41 Å². The smallest absolute Gasteiger partial charge is 0.0713 e. The molecule has 0 unspecified atom stereocenters. The molecular weight excluding hydrogens is 765 g/mol. The molecule has 1 aliphatic rings. The Hall–Kier alpha value is -7.58. The van der Waals surface area contributed by atoms with Crippen LogP contribution in [-0.2, 0) is 5.41 Å². The van der Waals surface area contributed by atoms with Crippen molar-refractivity contribution in [2.24, 2.45) is 0 Å². The molecule has 11 aromatic rings. The minimum Gasteiger partial charge on any atom is -0.135 e. The van der Waals surface area contributed by atoms with Crippen LogP contribution < -0.4 is 0 Å². The Kier molecular flexibility index (Phi) is 8.69. The predicted octanol–water partition coefficient (Wildman–Crippen LogP) is 16.8. The number of hydrogen-bond acceptors (Lipinski definition) is 1. The van der Waals surface area contributed by atoms with Crippen molar-refractivity contribution < 1.29 is 0 Å². The summed E-state index contributed by atoms with van der Waals surface area (Å²) in [7, 11) is 0. The zero-order valence-corrected chi connectivity index (χ0v) is 34.8. The minimum absolute atomic E-state index is 0.437. The van der Waals surface area contributed by atoms with Gasteiger partial charge in [0.25, 0.3) is 0 Å². The van der Waals surface area contributed by atoms with Crippen LogP contribution >= 0.6 is 11.3 Å². The van der Waals surface area contributed by atoms with Gasteiger partial charge in [0.1, 0.15) is 0 Å². The third kappa shape index (κ3) is 5.89. The van der Waals surface area contributed by atoms with Crippen LogP contribution in [0, 0.1) is 0 Å². The maximum atomic E-state index is 2.43. The quantitative estimate of drug-likeness (QED) is 0.151. The molecule has 0 saturated carbocycles. The largest absolute Gasteiger partial charge is 0.135 e. The van der Waals surface area contributed by atoms with E-state index in [-0.39, 0.29) is 0 Å². The van der Waals surface area contributed by atoms with Gasteiger partial charge in [-0.1, -0.05) is 206 Å². The van der Waals surface area contributed by atoms with Crippen molar-refractivity contribution in [3.63, 3.8) is 0 Å². The van der Waals surface area contributed by atoms with E-state index in [0.29, 0.717) is 0 Å². The van der Waals surface area contributed by atoms with Gasteiger partial charge in [0.05, 0.1) is 5.41 Å². The van der Waals surface area contributed by atoms with E-state index in [1.165, 1.54) is 109 Å². The van der Waals surface area contributed by atoms with Crippen LogP contribution in [0.3, 0.4) is 0 Å². The standard InChI is InChI=1S/C61H40S/c1-4-16-41(17-5-1)44-20-14-22-46(36-44)48-32-35-59-55(38-48)56-40-49(47-23-15-21-45(37-47)42-18-6-2-7-19-42)39-54(60(56)62-59)43-30-33-51(34-31-43)61(50-24-8-3-9-25-50)57-28-12-10-26-52(57)53-27-11-13-29-58(53)61/h1-40H. The number of fused-ring (bicyclic) bond motifs is 6. The van der Waals surface area contributed by atoms with Crippen LogP contribution in [0.15, 0.2) is 243 Å². The van der Waals surface area contributed by atoms with E-state index < -0.39 is 5.41 Å². The fraction of sp³-hybridized carbons (Fsp3) is 0.0164. The van der Waals surface area contributed by atoms with Crippen molar-refractivity contribution in [3.8, 4) is 66.8 Å². The van der Waals surface area contributed by atoms with E-state index in [9.17, 15) is 0 Å². The van der Waals surface area contributed by atoms with Gasteiger partial charge in [-0.15, -0.1) is 11.3 Å². The van der Waals surface area contributed by atoms with E-state index in [2.05, 4.69) is 243 Å². The molecule has 1 aromatic heterocycles. The highest BCUT2D eigenvalue weighted by molar-refractivity contribution is 7.26. The summed E-state index contributed by atoms with van der Waals surface area (Å²) < 4.78 is 2.60. The fourth-order valence-corrected chi connectivity index (χ4v) is 11.3. The van der Waals surface area contributed by atoms with Crippen molar-refractivity contribution >= 4 is 31.5 Å². The molecule has 0 aliphatic heterocycles. The molecule has 0 radical (unpaired) electrons. The Labute approximate surface area is 366 Å². The summed E-state index contributed by atoms with van der Waals surface area (Å²) in [6.45, 7) is 0. The van der Waals surface area contributed by atoms with Crippen LogP contribution in [0.25, 0.3) is 86.9 Å². The zero-order valence-electron chi connectivity index (χ0n) is 34.0. The summed E-state index contributed by atoms with van der Waals surface area (Å²) in [5.74, 6) is 0. The molecule has 12 rings (SSSR count). The molecule has 0 atom stereocenters. The Morgan fingerprint density at radius 2 is 0.694 bits per heavy atom. The lowest BCUT2D eigenvalue weighted by Gasteiger charge is -2.34. The topological polar surface area (TPSA) is 0 Å². The Morgan fingerprint density at radius 3 is 1.29 bits per heavy atom. The zero-order chi connectivity index (χ0) is 41.0. The molecule has 0 saturated heterocycles. The lowest BCUT2D eigenvalue weighted by atomic mass is 9.67. The first-order valence-electron chi connectivity index (χ1n) is 21.4. The van der Waals surface area contributed by atoms with Gasteiger partial charge in [0.15, 0.2) is 0 Å². The molecule has 0 fully saturated rings. The van der Waals surface area contributed by atoms with Gasteiger partial charge < -0.3 is 0 Å². The second-order valence-corrected chi connectivity index (χ2v) is 17.4. The minimum atomic E-state index is -0.437. The monoisotopic (exact) mass is 804 g/mol. The molecular formula is C61H40S. The second-order valence-electron chi connectivity index (χ2n) is 16.4. The Bertz CT molecular complexity index is 3390. The van der Waals surface area contributed by atoms with Gasteiger partial charge in [0, 0.05) is 25.7 Å². The average Bonchev–Trinajstić information content (AvgIpc) is 3.88. The van der Waals surface area contributed by atoms with Gasteiger partial charge in [-0.05, 0) is 120 Å². The highest BCUT2D eigenvalue weighted by Crippen LogP contribution is 2.56. The average molecular weight is 805 g/mol. The molecule has 0 bridgehead atoms. The van der Waals surface area contributed by atoms with Crippen molar-refractivity contribution in [1.82, 2.24) is 0 Å². The first kappa shape index (κ1) is 36.3. The first-order chi connectivity index (χ1) is 30.7. The molecule has 0 spiro atoms. The first-order valence-corrected chi connectivity index (χ1v) is 22.2. The van der Waals surface area contributed by atoms with Crippen LogP contribution in [0.5, 0.6) is 0 Å². The summed E-state index contributed by atoms with van der Waals surface area (Å²) in [5.41, 5.74) is 19.6. The van der Waals surface area contributed by atoms with Gasteiger partial charge in [-0.2, -0.15) is 0 Å². The summed E-state index contributed by atoms with van der Waals surface area (Å²) >= 11 is 1.90. The van der Waals surface area contributed by atoms with Crippen LogP contribution in [0.2, 0.25) is 0 Å². The number of thiophene rings is 1. The molecule has 0 nitrogen and oxygen atoms in total. The third-order valence-corrected chi connectivity index (χ3v) is 14.2. The van der Waals surface area contributed by atoms with Gasteiger partial charge in [0.2, 0.25) is 0 Å².